The lowest BCUT2D eigenvalue weighted by atomic mass is 9.96. The van der Waals surface area contributed by atoms with Crippen LogP contribution in [0.5, 0.6) is 0 Å². The van der Waals surface area contributed by atoms with Crippen molar-refractivity contribution in [3.8, 4) is 0 Å². The molecule has 0 radical (unpaired) electrons. The van der Waals surface area contributed by atoms with Gasteiger partial charge in [0.15, 0.2) is 0 Å². The predicted molar refractivity (Wildman–Crippen MR) is 67.1 cm³/mol. The first-order valence-corrected chi connectivity index (χ1v) is 6.63. The Bertz CT molecular complexity index is 170. The molecule has 0 aromatic carbocycles. The molecule has 2 nitrogen and oxygen atoms in total. The summed E-state index contributed by atoms with van der Waals surface area (Å²) in [5, 5.41) is 3.65. The third-order valence-electron chi connectivity index (χ3n) is 3.89. The first-order valence-electron chi connectivity index (χ1n) is 6.63. The molecule has 3 unspecified atom stereocenters. The minimum absolute atomic E-state index is 0.716. The zero-order valence-electron chi connectivity index (χ0n) is 10.9. The van der Waals surface area contributed by atoms with E-state index in [1.54, 1.807) is 0 Å². The normalized spacial score (nSPS) is 27.6. The van der Waals surface area contributed by atoms with Crippen LogP contribution in [0.4, 0.5) is 0 Å². The van der Waals surface area contributed by atoms with E-state index in [4.69, 9.17) is 0 Å². The second kappa shape index (κ2) is 6.49. The molecule has 1 rings (SSSR count). The molecule has 1 fully saturated rings. The van der Waals surface area contributed by atoms with Gasteiger partial charge in [-0.3, -0.25) is 0 Å². The number of nitrogens with zero attached hydrogens (tertiary/aromatic N) is 1. The summed E-state index contributed by atoms with van der Waals surface area (Å²) < 4.78 is 0. The lowest BCUT2D eigenvalue weighted by Crippen LogP contribution is -2.53. The van der Waals surface area contributed by atoms with E-state index >= 15 is 0 Å². The van der Waals surface area contributed by atoms with Gasteiger partial charge in [-0.05, 0) is 11.8 Å². The molecular weight excluding hydrogens is 184 g/mol. The van der Waals surface area contributed by atoms with Crippen molar-refractivity contribution < 1.29 is 0 Å². The molecule has 0 spiro atoms. The monoisotopic (exact) mass is 212 g/mol. The maximum absolute atomic E-state index is 3.65. The largest absolute Gasteiger partial charge is 0.311 e. The summed E-state index contributed by atoms with van der Waals surface area (Å²) in [6, 6.07) is 0.716. The van der Waals surface area contributed by atoms with Crippen LogP contribution in [-0.4, -0.2) is 37.1 Å². The van der Waals surface area contributed by atoms with Crippen LogP contribution in [0, 0.1) is 11.8 Å². The molecule has 3 atom stereocenters. The second-order valence-electron chi connectivity index (χ2n) is 5.22. The Morgan fingerprint density at radius 2 is 2.00 bits per heavy atom. The summed E-state index contributed by atoms with van der Waals surface area (Å²) in [7, 11) is 0. The third-order valence-corrected chi connectivity index (χ3v) is 3.89. The number of rotatable bonds is 5. The Morgan fingerprint density at radius 3 is 2.60 bits per heavy atom. The summed E-state index contributed by atoms with van der Waals surface area (Å²) in [4.78, 5) is 2.64. The van der Waals surface area contributed by atoms with E-state index in [2.05, 4.69) is 37.9 Å². The summed E-state index contributed by atoms with van der Waals surface area (Å²) in [5.74, 6) is 1.66. The molecule has 1 aliphatic rings. The Kier molecular flexibility index (Phi) is 5.62. The molecule has 2 heteroatoms. The van der Waals surface area contributed by atoms with Gasteiger partial charge in [-0.2, -0.15) is 0 Å². The Balaban J connectivity index is 2.35. The molecule has 0 saturated carbocycles. The highest BCUT2D eigenvalue weighted by Crippen LogP contribution is 2.14. The maximum Gasteiger partial charge on any atom is 0.0221 e. The van der Waals surface area contributed by atoms with Crippen molar-refractivity contribution in [3.63, 3.8) is 0 Å². The fraction of sp³-hybridized carbons (Fsp3) is 1.00. The number of hydrogen-bond acceptors (Lipinski definition) is 2. The SMILES string of the molecule is CCC(C)CN1CCNC(C(C)CC)C1. The van der Waals surface area contributed by atoms with Gasteiger partial charge in [-0.25, -0.2) is 0 Å². The van der Waals surface area contributed by atoms with Gasteiger partial charge in [0.1, 0.15) is 0 Å². The number of nitrogens with one attached hydrogen (secondary N) is 1. The molecule has 1 aliphatic heterocycles. The van der Waals surface area contributed by atoms with Crippen molar-refractivity contribution >= 4 is 0 Å². The van der Waals surface area contributed by atoms with Crippen LogP contribution in [0.15, 0.2) is 0 Å². The van der Waals surface area contributed by atoms with Gasteiger partial charge in [0, 0.05) is 32.2 Å². The van der Waals surface area contributed by atoms with Gasteiger partial charge in [0.25, 0.3) is 0 Å². The molecule has 15 heavy (non-hydrogen) atoms. The first kappa shape index (κ1) is 13.0. The lowest BCUT2D eigenvalue weighted by molar-refractivity contribution is 0.150. The molecule has 0 aromatic heterocycles. The summed E-state index contributed by atoms with van der Waals surface area (Å²) in [5.41, 5.74) is 0. The van der Waals surface area contributed by atoms with Crippen molar-refractivity contribution in [2.75, 3.05) is 26.2 Å². The molecule has 0 aromatic rings. The second-order valence-corrected chi connectivity index (χ2v) is 5.22. The van der Waals surface area contributed by atoms with E-state index in [-0.39, 0.29) is 0 Å². The molecule has 0 bridgehead atoms. The van der Waals surface area contributed by atoms with Crippen molar-refractivity contribution in [1.82, 2.24) is 10.2 Å². The fourth-order valence-corrected chi connectivity index (χ4v) is 2.24. The van der Waals surface area contributed by atoms with Crippen LogP contribution in [0.2, 0.25) is 0 Å². The topological polar surface area (TPSA) is 15.3 Å². The van der Waals surface area contributed by atoms with Crippen molar-refractivity contribution in [3.05, 3.63) is 0 Å². The van der Waals surface area contributed by atoms with Gasteiger partial charge in [0.2, 0.25) is 0 Å². The van der Waals surface area contributed by atoms with E-state index in [9.17, 15) is 0 Å². The van der Waals surface area contributed by atoms with E-state index < -0.39 is 0 Å². The number of hydrogen-bond donors (Lipinski definition) is 1. The summed E-state index contributed by atoms with van der Waals surface area (Å²) >= 11 is 0. The molecule has 1 saturated heterocycles. The van der Waals surface area contributed by atoms with Crippen LogP contribution in [0.1, 0.15) is 40.5 Å². The third kappa shape index (κ3) is 4.12. The van der Waals surface area contributed by atoms with Gasteiger partial charge >= 0.3 is 0 Å². The smallest absolute Gasteiger partial charge is 0.0221 e. The van der Waals surface area contributed by atoms with E-state index in [0.717, 1.165) is 11.8 Å². The van der Waals surface area contributed by atoms with Crippen LogP contribution in [0.3, 0.4) is 0 Å². The Hall–Kier alpha value is -0.0800. The molecule has 0 aliphatic carbocycles. The average molecular weight is 212 g/mol. The molecule has 1 N–H and O–H groups in total. The van der Waals surface area contributed by atoms with Gasteiger partial charge in [-0.15, -0.1) is 0 Å². The van der Waals surface area contributed by atoms with Crippen LogP contribution in [0.25, 0.3) is 0 Å². The van der Waals surface area contributed by atoms with Crippen LogP contribution >= 0.6 is 0 Å². The molecule has 1 heterocycles. The molecule has 0 amide bonds. The van der Waals surface area contributed by atoms with Crippen molar-refractivity contribution in [2.45, 2.75) is 46.6 Å². The van der Waals surface area contributed by atoms with Gasteiger partial charge in [-0.1, -0.05) is 40.5 Å². The average Bonchev–Trinajstić information content (AvgIpc) is 2.28. The van der Waals surface area contributed by atoms with E-state index in [1.807, 2.05) is 0 Å². The van der Waals surface area contributed by atoms with Gasteiger partial charge < -0.3 is 10.2 Å². The lowest BCUT2D eigenvalue weighted by Gasteiger charge is -2.37. The minimum atomic E-state index is 0.716. The van der Waals surface area contributed by atoms with Crippen molar-refractivity contribution in [1.29, 1.82) is 0 Å². The first-order chi connectivity index (χ1) is 7.17. The summed E-state index contributed by atoms with van der Waals surface area (Å²) in [6.45, 7) is 14.2. The predicted octanol–water partition coefficient (Wildman–Crippen LogP) is 2.35. The maximum atomic E-state index is 3.65. The number of piperazine rings is 1. The van der Waals surface area contributed by atoms with Gasteiger partial charge in [0.05, 0.1) is 0 Å². The highest BCUT2D eigenvalue weighted by atomic mass is 15.2. The standard InChI is InChI=1S/C13H28N2/c1-5-11(3)9-15-8-7-14-13(10-15)12(4)6-2/h11-14H,5-10H2,1-4H3. The minimum Gasteiger partial charge on any atom is -0.311 e. The quantitative estimate of drug-likeness (QED) is 0.752. The summed E-state index contributed by atoms with van der Waals surface area (Å²) in [6.07, 6.45) is 2.59. The highest BCUT2D eigenvalue weighted by molar-refractivity contribution is 4.82. The van der Waals surface area contributed by atoms with Crippen LogP contribution in [-0.2, 0) is 0 Å². The Morgan fingerprint density at radius 1 is 1.27 bits per heavy atom. The van der Waals surface area contributed by atoms with E-state index in [0.29, 0.717) is 6.04 Å². The molecular formula is C13H28N2. The van der Waals surface area contributed by atoms with Crippen molar-refractivity contribution in [2.24, 2.45) is 11.8 Å². The zero-order valence-corrected chi connectivity index (χ0v) is 10.9. The molecule has 90 valence electrons. The Labute approximate surface area is 95.4 Å². The van der Waals surface area contributed by atoms with Crippen LogP contribution < -0.4 is 5.32 Å². The highest BCUT2D eigenvalue weighted by Gasteiger charge is 2.23. The zero-order chi connectivity index (χ0) is 11.3. The van der Waals surface area contributed by atoms with E-state index in [1.165, 1.54) is 39.0 Å². The fourth-order valence-electron chi connectivity index (χ4n) is 2.24.